The number of hydrogen-bond donors (Lipinski definition) is 2. The van der Waals surface area contributed by atoms with Crippen molar-refractivity contribution in [3.05, 3.63) is 70.6 Å². The summed E-state index contributed by atoms with van der Waals surface area (Å²) in [5, 5.41) is 6.64. The lowest BCUT2D eigenvalue weighted by molar-refractivity contribution is 0.101. The monoisotopic (exact) mass is 335 g/mol. The van der Waals surface area contributed by atoms with Gasteiger partial charge in [-0.25, -0.2) is 4.79 Å². The van der Waals surface area contributed by atoms with Crippen molar-refractivity contribution in [1.82, 2.24) is 4.57 Å². The Morgan fingerprint density at radius 3 is 2.40 bits per heavy atom. The Kier molecular flexibility index (Phi) is 4.35. The van der Waals surface area contributed by atoms with Crippen molar-refractivity contribution >= 4 is 34.0 Å². The van der Waals surface area contributed by atoms with Crippen LogP contribution in [-0.4, -0.2) is 16.4 Å². The van der Waals surface area contributed by atoms with Crippen molar-refractivity contribution in [3.63, 3.8) is 0 Å². The van der Waals surface area contributed by atoms with Crippen LogP contribution in [0.3, 0.4) is 0 Å². The number of hydrogen-bond acceptors (Lipinski definition) is 3. The number of aromatic nitrogens is 1. The first-order chi connectivity index (χ1) is 12.0. The Labute approximate surface area is 144 Å². The first-order valence-corrected chi connectivity index (χ1v) is 7.73. The van der Waals surface area contributed by atoms with Gasteiger partial charge in [0.25, 0.3) is 5.56 Å². The average Bonchev–Trinajstić information content (AvgIpc) is 2.59. The minimum atomic E-state index is -0.454. The maximum atomic E-state index is 12.3. The Morgan fingerprint density at radius 2 is 1.68 bits per heavy atom. The number of ketones is 1. The molecule has 3 rings (SSSR count). The number of nitrogens with zero attached hydrogens (tertiary/aromatic N) is 1. The van der Waals surface area contributed by atoms with Crippen LogP contribution in [-0.2, 0) is 7.05 Å². The molecule has 6 nitrogen and oxygen atoms in total. The lowest BCUT2D eigenvalue weighted by Crippen LogP contribution is -2.23. The fraction of sp³-hybridized carbons (Fsp3) is 0.105. The van der Waals surface area contributed by atoms with E-state index in [2.05, 4.69) is 10.6 Å². The molecule has 0 atom stereocenters. The van der Waals surface area contributed by atoms with Gasteiger partial charge in [0.15, 0.2) is 5.78 Å². The van der Waals surface area contributed by atoms with E-state index in [0.29, 0.717) is 27.7 Å². The van der Waals surface area contributed by atoms with Gasteiger partial charge in [-0.1, -0.05) is 30.3 Å². The molecule has 1 heterocycles. The van der Waals surface area contributed by atoms with Gasteiger partial charge < -0.3 is 15.2 Å². The highest BCUT2D eigenvalue weighted by Gasteiger charge is 2.10. The molecule has 1 aromatic heterocycles. The molecule has 0 spiro atoms. The minimum Gasteiger partial charge on any atom is -0.316 e. The Morgan fingerprint density at radius 1 is 0.960 bits per heavy atom. The molecule has 2 amide bonds. The van der Waals surface area contributed by atoms with Gasteiger partial charge in [0.1, 0.15) is 0 Å². The van der Waals surface area contributed by atoms with Gasteiger partial charge in [-0.15, -0.1) is 0 Å². The maximum absolute atomic E-state index is 12.3. The smallest absolute Gasteiger partial charge is 0.316 e. The Hall–Kier alpha value is -3.41. The minimum absolute atomic E-state index is 0.0758. The molecule has 0 saturated heterocycles. The first-order valence-electron chi connectivity index (χ1n) is 7.73. The number of carbonyl (C=O) groups is 2. The Bertz CT molecular complexity index is 1040. The number of anilines is 2. The van der Waals surface area contributed by atoms with Crippen LogP contribution in [0.1, 0.15) is 17.3 Å². The summed E-state index contributed by atoms with van der Waals surface area (Å²) < 4.78 is 1.42. The zero-order valence-electron chi connectivity index (χ0n) is 13.9. The summed E-state index contributed by atoms with van der Waals surface area (Å²) in [6.45, 7) is 1.47. The van der Waals surface area contributed by atoms with E-state index in [-0.39, 0.29) is 11.3 Å². The molecule has 0 aliphatic carbocycles. The highest BCUT2D eigenvalue weighted by Crippen LogP contribution is 2.20. The van der Waals surface area contributed by atoms with Crippen molar-refractivity contribution < 1.29 is 9.59 Å². The van der Waals surface area contributed by atoms with Gasteiger partial charge in [0.05, 0.1) is 5.69 Å². The summed E-state index contributed by atoms with van der Waals surface area (Å²) >= 11 is 0. The second kappa shape index (κ2) is 6.60. The summed E-state index contributed by atoms with van der Waals surface area (Å²) in [5.41, 5.74) is 1.43. The number of pyridine rings is 1. The van der Waals surface area contributed by atoms with Crippen LogP contribution in [0, 0.1) is 0 Å². The topological polar surface area (TPSA) is 80.2 Å². The molecule has 0 aliphatic rings. The number of nitrogens with one attached hydrogen (secondary N) is 2. The van der Waals surface area contributed by atoms with Crippen molar-refractivity contribution in [2.24, 2.45) is 7.05 Å². The molecule has 2 N–H and O–H groups in total. The third-order valence-electron chi connectivity index (χ3n) is 3.87. The Balaban J connectivity index is 1.88. The number of carbonyl (C=O) groups excluding carboxylic acids is 2. The van der Waals surface area contributed by atoms with Crippen LogP contribution >= 0.6 is 0 Å². The average molecular weight is 335 g/mol. The fourth-order valence-corrected chi connectivity index (χ4v) is 2.62. The summed E-state index contributed by atoms with van der Waals surface area (Å²) in [7, 11) is 1.63. The van der Waals surface area contributed by atoms with E-state index >= 15 is 0 Å². The second-order valence-corrected chi connectivity index (χ2v) is 5.72. The van der Waals surface area contributed by atoms with Crippen LogP contribution in [0.2, 0.25) is 0 Å². The summed E-state index contributed by atoms with van der Waals surface area (Å²) in [4.78, 5) is 35.9. The molecule has 6 heteroatoms. The third kappa shape index (κ3) is 3.42. The first kappa shape index (κ1) is 16.4. The molecule has 126 valence electrons. The molecule has 0 saturated carbocycles. The van der Waals surface area contributed by atoms with Crippen LogP contribution in [0.25, 0.3) is 10.8 Å². The van der Waals surface area contributed by atoms with E-state index in [0.717, 1.165) is 0 Å². The molecule has 0 aliphatic heterocycles. The largest absolute Gasteiger partial charge is 0.323 e. The maximum Gasteiger partial charge on any atom is 0.323 e. The zero-order chi connectivity index (χ0) is 18.0. The molecule has 25 heavy (non-hydrogen) atoms. The lowest BCUT2D eigenvalue weighted by atomic mass is 10.1. The molecule has 0 unspecified atom stereocenters. The van der Waals surface area contributed by atoms with Crippen LogP contribution < -0.4 is 16.2 Å². The van der Waals surface area contributed by atoms with E-state index in [1.54, 1.807) is 61.8 Å². The van der Waals surface area contributed by atoms with Gasteiger partial charge >= 0.3 is 6.03 Å². The van der Waals surface area contributed by atoms with Crippen molar-refractivity contribution in [3.8, 4) is 0 Å². The number of urea groups is 1. The van der Waals surface area contributed by atoms with Gasteiger partial charge in [-0.2, -0.15) is 0 Å². The van der Waals surface area contributed by atoms with Crippen molar-refractivity contribution in [1.29, 1.82) is 0 Å². The van der Waals surface area contributed by atoms with Gasteiger partial charge in [-0.05, 0) is 25.1 Å². The van der Waals surface area contributed by atoms with Crippen molar-refractivity contribution in [2.45, 2.75) is 6.92 Å². The number of rotatable bonds is 3. The van der Waals surface area contributed by atoms with Crippen LogP contribution in [0.4, 0.5) is 16.2 Å². The van der Waals surface area contributed by atoms with Crippen molar-refractivity contribution in [2.75, 3.05) is 10.6 Å². The number of Topliss-reactive ketones (excluding diaryl/α,β-unsaturated/α-hetero) is 1. The number of benzene rings is 2. The highest BCUT2D eigenvalue weighted by molar-refractivity contribution is 6.06. The molecule has 0 radical (unpaired) electrons. The normalized spacial score (nSPS) is 10.5. The molecule has 0 bridgehead atoms. The summed E-state index contributed by atoms with van der Waals surface area (Å²) in [5.74, 6) is -0.0758. The van der Waals surface area contributed by atoms with Gasteiger partial charge in [-0.3, -0.25) is 9.59 Å². The van der Waals surface area contributed by atoms with Crippen LogP contribution in [0.15, 0.2) is 59.5 Å². The molecular weight excluding hydrogens is 318 g/mol. The van der Waals surface area contributed by atoms with E-state index in [1.165, 1.54) is 11.5 Å². The van der Waals surface area contributed by atoms with E-state index in [4.69, 9.17) is 0 Å². The predicted octanol–water partition coefficient (Wildman–Crippen LogP) is 3.39. The SMILES string of the molecule is CC(=O)c1cccc(NC(=O)Nc2cn(C)c(=O)c3ccccc23)c1. The van der Waals surface area contributed by atoms with Crippen LogP contribution in [0.5, 0.6) is 0 Å². The fourth-order valence-electron chi connectivity index (χ4n) is 2.62. The van der Waals surface area contributed by atoms with E-state index in [1.807, 2.05) is 0 Å². The summed E-state index contributed by atoms with van der Waals surface area (Å²) in [6.07, 6.45) is 1.58. The zero-order valence-corrected chi connectivity index (χ0v) is 13.9. The molecule has 0 fully saturated rings. The molecule has 2 aromatic carbocycles. The lowest BCUT2D eigenvalue weighted by Gasteiger charge is -2.12. The molecule has 3 aromatic rings. The van der Waals surface area contributed by atoms with E-state index < -0.39 is 6.03 Å². The predicted molar refractivity (Wildman–Crippen MR) is 98.3 cm³/mol. The number of fused-ring (bicyclic) bond motifs is 1. The standard InChI is InChI=1S/C19H17N3O3/c1-12(23)13-6-5-7-14(10-13)20-19(25)21-17-11-22(2)18(24)16-9-4-3-8-15(16)17/h3-11H,1-2H3,(H2,20,21,25). The quantitative estimate of drug-likeness (QED) is 0.720. The number of amides is 2. The number of aryl methyl sites for hydroxylation is 1. The second-order valence-electron chi connectivity index (χ2n) is 5.72. The van der Waals surface area contributed by atoms with Gasteiger partial charge in [0.2, 0.25) is 0 Å². The molecular formula is C19H17N3O3. The van der Waals surface area contributed by atoms with Gasteiger partial charge in [0, 0.05) is 35.3 Å². The third-order valence-corrected chi connectivity index (χ3v) is 3.87. The summed E-state index contributed by atoms with van der Waals surface area (Å²) in [6, 6.07) is 13.3. The van der Waals surface area contributed by atoms with E-state index in [9.17, 15) is 14.4 Å². The highest BCUT2D eigenvalue weighted by atomic mass is 16.2.